The van der Waals surface area contributed by atoms with Crippen LogP contribution in [0.3, 0.4) is 0 Å². The van der Waals surface area contributed by atoms with E-state index in [0.29, 0.717) is 6.04 Å². The van der Waals surface area contributed by atoms with Gasteiger partial charge in [0.1, 0.15) is 0 Å². The third kappa shape index (κ3) is 3.07. The quantitative estimate of drug-likeness (QED) is 0.863. The molecule has 1 atom stereocenters. The second-order valence-corrected chi connectivity index (χ2v) is 5.46. The molecule has 4 nitrogen and oxygen atoms in total. The van der Waals surface area contributed by atoms with Crippen LogP contribution in [0.5, 0.6) is 0 Å². The van der Waals surface area contributed by atoms with Crippen molar-refractivity contribution in [3.63, 3.8) is 0 Å². The van der Waals surface area contributed by atoms with Crippen LogP contribution in [0, 0.1) is 0 Å². The van der Waals surface area contributed by atoms with E-state index >= 15 is 0 Å². The second-order valence-electron chi connectivity index (χ2n) is 5.46. The highest BCUT2D eigenvalue weighted by Gasteiger charge is 2.23. The monoisotopic (exact) mass is 258 g/mol. The summed E-state index contributed by atoms with van der Waals surface area (Å²) in [6, 6.07) is 11.2. The summed E-state index contributed by atoms with van der Waals surface area (Å²) in [6.07, 6.45) is 0. The van der Waals surface area contributed by atoms with Gasteiger partial charge in [-0.3, -0.25) is 9.89 Å². The van der Waals surface area contributed by atoms with Crippen LogP contribution in [-0.2, 0) is 6.54 Å². The van der Waals surface area contributed by atoms with Crippen molar-refractivity contribution in [3.8, 4) is 0 Å². The molecule has 1 saturated heterocycles. The molecular formula is C15H22N4. The van der Waals surface area contributed by atoms with E-state index in [1.165, 1.54) is 5.56 Å². The summed E-state index contributed by atoms with van der Waals surface area (Å²) in [5, 5.41) is 3.45. The van der Waals surface area contributed by atoms with Crippen molar-refractivity contribution in [2.24, 2.45) is 4.99 Å². The molecule has 2 heterocycles. The van der Waals surface area contributed by atoms with E-state index in [9.17, 15) is 0 Å². The molecule has 19 heavy (non-hydrogen) atoms. The zero-order valence-electron chi connectivity index (χ0n) is 11.5. The van der Waals surface area contributed by atoms with Crippen molar-refractivity contribution in [2.75, 3.05) is 32.7 Å². The molecule has 2 aliphatic rings. The van der Waals surface area contributed by atoms with E-state index in [-0.39, 0.29) is 0 Å². The highest BCUT2D eigenvalue weighted by atomic mass is 15.4. The van der Waals surface area contributed by atoms with Gasteiger partial charge in [-0.05, 0) is 12.5 Å². The lowest BCUT2D eigenvalue weighted by Crippen LogP contribution is -2.51. The van der Waals surface area contributed by atoms with Crippen LogP contribution in [0.15, 0.2) is 35.3 Å². The Hall–Kier alpha value is -1.55. The summed E-state index contributed by atoms with van der Waals surface area (Å²) in [4.78, 5) is 9.46. The van der Waals surface area contributed by atoms with Gasteiger partial charge in [-0.15, -0.1) is 0 Å². The fourth-order valence-electron chi connectivity index (χ4n) is 2.69. The Labute approximate surface area is 115 Å². The maximum absolute atomic E-state index is 4.56. The van der Waals surface area contributed by atoms with Crippen molar-refractivity contribution in [2.45, 2.75) is 19.5 Å². The Morgan fingerprint density at radius 3 is 2.53 bits per heavy atom. The standard InChI is InChI=1S/C15H22N4/c1-13-11-16-15(17-13)19-9-7-18(8-10-19)12-14-5-3-2-4-6-14/h2-6,13H,7-12H2,1H3,(H,16,17). The molecule has 0 radical (unpaired) electrons. The molecule has 1 N–H and O–H groups in total. The third-order valence-corrected chi connectivity index (χ3v) is 3.81. The van der Waals surface area contributed by atoms with E-state index in [2.05, 4.69) is 57.4 Å². The van der Waals surface area contributed by atoms with Crippen molar-refractivity contribution >= 4 is 5.96 Å². The number of benzene rings is 1. The van der Waals surface area contributed by atoms with Gasteiger partial charge in [-0.1, -0.05) is 30.3 Å². The number of hydrogen-bond donors (Lipinski definition) is 1. The molecule has 0 aliphatic carbocycles. The molecule has 3 rings (SSSR count). The second kappa shape index (κ2) is 5.61. The van der Waals surface area contributed by atoms with Crippen LogP contribution >= 0.6 is 0 Å². The Kier molecular flexibility index (Phi) is 3.69. The van der Waals surface area contributed by atoms with E-state index < -0.39 is 0 Å². The first kappa shape index (κ1) is 12.5. The van der Waals surface area contributed by atoms with Crippen LogP contribution in [0.1, 0.15) is 12.5 Å². The van der Waals surface area contributed by atoms with Crippen molar-refractivity contribution in [1.29, 1.82) is 0 Å². The van der Waals surface area contributed by atoms with E-state index in [0.717, 1.165) is 45.2 Å². The number of rotatable bonds is 2. The number of guanidine groups is 1. The summed E-state index contributed by atoms with van der Waals surface area (Å²) in [5.74, 6) is 1.10. The first-order valence-corrected chi connectivity index (χ1v) is 7.13. The molecule has 4 heteroatoms. The number of hydrogen-bond acceptors (Lipinski definition) is 4. The number of nitrogens with zero attached hydrogens (tertiary/aromatic N) is 3. The van der Waals surface area contributed by atoms with Crippen molar-refractivity contribution in [1.82, 2.24) is 15.1 Å². The lowest BCUT2D eigenvalue weighted by atomic mass is 10.2. The predicted octanol–water partition coefficient (Wildman–Crippen LogP) is 1.15. The van der Waals surface area contributed by atoms with E-state index in [1.54, 1.807) is 0 Å². The molecule has 0 bridgehead atoms. The van der Waals surface area contributed by atoms with E-state index in [1.807, 2.05) is 0 Å². The summed E-state index contributed by atoms with van der Waals surface area (Å²) < 4.78 is 0. The fourth-order valence-corrected chi connectivity index (χ4v) is 2.69. The van der Waals surface area contributed by atoms with Gasteiger partial charge in [-0.2, -0.15) is 0 Å². The maximum atomic E-state index is 4.56. The molecule has 2 aliphatic heterocycles. The van der Waals surface area contributed by atoms with Gasteiger partial charge in [0.15, 0.2) is 5.96 Å². The fraction of sp³-hybridized carbons (Fsp3) is 0.533. The molecule has 0 amide bonds. The molecule has 1 unspecified atom stereocenters. The van der Waals surface area contributed by atoms with Crippen molar-refractivity contribution < 1.29 is 0 Å². The molecule has 0 aromatic heterocycles. The Morgan fingerprint density at radius 2 is 1.89 bits per heavy atom. The number of piperazine rings is 1. The molecule has 1 aromatic carbocycles. The highest BCUT2D eigenvalue weighted by molar-refractivity contribution is 5.82. The summed E-state index contributed by atoms with van der Waals surface area (Å²) in [5.41, 5.74) is 1.40. The van der Waals surface area contributed by atoms with Gasteiger partial charge in [0.05, 0.1) is 6.54 Å². The normalized spacial score (nSPS) is 24.2. The average Bonchev–Trinajstić information content (AvgIpc) is 2.87. The third-order valence-electron chi connectivity index (χ3n) is 3.81. The van der Waals surface area contributed by atoms with Gasteiger partial charge in [0.25, 0.3) is 0 Å². The molecule has 1 fully saturated rings. The molecule has 0 spiro atoms. The minimum Gasteiger partial charge on any atom is -0.352 e. The van der Waals surface area contributed by atoms with Gasteiger partial charge in [-0.25, -0.2) is 0 Å². The van der Waals surface area contributed by atoms with E-state index in [4.69, 9.17) is 0 Å². The Bertz CT molecular complexity index is 435. The van der Waals surface area contributed by atoms with Gasteiger partial charge >= 0.3 is 0 Å². The van der Waals surface area contributed by atoms with Crippen LogP contribution in [0.2, 0.25) is 0 Å². The SMILES string of the molecule is CC1CN=C(N2CCN(Cc3ccccc3)CC2)N1. The van der Waals surface area contributed by atoms with Crippen LogP contribution < -0.4 is 5.32 Å². The zero-order chi connectivity index (χ0) is 13.1. The number of aliphatic imine (C=N–C) groups is 1. The highest BCUT2D eigenvalue weighted by Crippen LogP contribution is 2.10. The van der Waals surface area contributed by atoms with Crippen LogP contribution in [0.25, 0.3) is 0 Å². The summed E-state index contributed by atoms with van der Waals surface area (Å²) in [7, 11) is 0. The zero-order valence-corrected chi connectivity index (χ0v) is 11.5. The first-order valence-electron chi connectivity index (χ1n) is 7.13. The Morgan fingerprint density at radius 1 is 1.16 bits per heavy atom. The van der Waals surface area contributed by atoms with Gasteiger partial charge in [0, 0.05) is 38.8 Å². The van der Waals surface area contributed by atoms with Crippen molar-refractivity contribution in [3.05, 3.63) is 35.9 Å². The predicted molar refractivity (Wildman–Crippen MR) is 78.2 cm³/mol. The lowest BCUT2D eigenvalue weighted by Gasteiger charge is -2.35. The average molecular weight is 258 g/mol. The minimum atomic E-state index is 0.498. The lowest BCUT2D eigenvalue weighted by molar-refractivity contribution is 0.173. The molecule has 102 valence electrons. The van der Waals surface area contributed by atoms with Crippen LogP contribution in [0.4, 0.5) is 0 Å². The smallest absolute Gasteiger partial charge is 0.194 e. The largest absolute Gasteiger partial charge is 0.352 e. The van der Waals surface area contributed by atoms with Gasteiger partial charge in [0.2, 0.25) is 0 Å². The Balaban J connectivity index is 1.50. The number of nitrogens with one attached hydrogen (secondary N) is 1. The molecule has 1 aromatic rings. The molecular weight excluding hydrogens is 236 g/mol. The molecule has 0 saturated carbocycles. The first-order chi connectivity index (χ1) is 9.31. The summed E-state index contributed by atoms with van der Waals surface area (Å²) >= 11 is 0. The maximum Gasteiger partial charge on any atom is 0.194 e. The van der Waals surface area contributed by atoms with Crippen LogP contribution in [-0.4, -0.2) is 54.5 Å². The minimum absolute atomic E-state index is 0.498. The topological polar surface area (TPSA) is 30.9 Å². The summed E-state index contributed by atoms with van der Waals surface area (Å²) in [6.45, 7) is 8.54. The van der Waals surface area contributed by atoms with Gasteiger partial charge < -0.3 is 10.2 Å².